The minimum atomic E-state index is -1.47. The number of carboxylic acids is 1. The van der Waals surface area contributed by atoms with E-state index in [9.17, 15) is 9.59 Å². The van der Waals surface area contributed by atoms with Gasteiger partial charge in [0.2, 0.25) is 0 Å². The van der Waals surface area contributed by atoms with Crippen LogP contribution in [0.4, 0.5) is 9.93 Å². The number of nitrogens with zero attached hydrogens (tertiary/aromatic N) is 1. The molecule has 0 saturated carbocycles. The molecule has 0 bridgehead atoms. The second-order valence-corrected chi connectivity index (χ2v) is 6.17. The highest BCUT2D eigenvalue weighted by Crippen LogP contribution is 2.26. The van der Waals surface area contributed by atoms with Crippen LogP contribution in [0.25, 0.3) is 0 Å². The number of aromatic nitrogens is 1. The first-order chi connectivity index (χ1) is 9.20. The summed E-state index contributed by atoms with van der Waals surface area (Å²) in [5.41, 5.74) is 0.803. The normalized spacial score (nSPS) is 12.8. The van der Waals surface area contributed by atoms with Gasteiger partial charge in [-0.15, -0.1) is 11.3 Å². The Labute approximate surface area is 121 Å². The highest BCUT2D eigenvalue weighted by Gasteiger charge is 2.18. The van der Waals surface area contributed by atoms with E-state index < -0.39 is 18.1 Å². The fourth-order valence-electron chi connectivity index (χ4n) is 1.26. The zero-order chi connectivity index (χ0) is 15.3. The van der Waals surface area contributed by atoms with E-state index in [0.717, 1.165) is 5.69 Å². The Hall–Kier alpha value is -1.67. The van der Waals surface area contributed by atoms with Crippen molar-refractivity contribution in [2.75, 3.05) is 11.9 Å². The van der Waals surface area contributed by atoms with Crippen LogP contribution in [0.3, 0.4) is 0 Å². The van der Waals surface area contributed by atoms with Crippen molar-refractivity contribution in [2.45, 2.75) is 38.7 Å². The van der Waals surface area contributed by atoms with Gasteiger partial charge in [0, 0.05) is 23.8 Å². The van der Waals surface area contributed by atoms with Crippen LogP contribution in [-0.2, 0) is 10.2 Å². The Morgan fingerprint density at radius 1 is 1.45 bits per heavy atom. The van der Waals surface area contributed by atoms with E-state index in [0.29, 0.717) is 5.13 Å². The van der Waals surface area contributed by atoms with Crippen LogP contribution in [-0.4, -0.2) is 39.8 Å². The Kier molecular flexibility index (Phi) is 5.46. The molecule has 112 valence electrons. The summed E-state index contributed by atoms with van der Waals surface area (Å²) >= 11 is 1.32. The van der Waals surface area contributed by atoms with Gasteiger partial charge in [0.15, 0.2) is 11.2 Å². The summed E-state index contributed by atoms with van der Waals surface area (Å²) in [7, 11) is 0. The number of carbonyl (C=O) groups is 2. The van der Waals surface area contributed by atoms with E-state index in [4.69, 9.17) is 10.2 Å². The molecule has 8 heteroatoms. The van der Waals surface area contributed by atoms with Crippen LogP contribution in [0.5, 0.6) is 0 Å². The topological polar surface area (TPSA) is 112 Å². The summed E-state index contributed by atoms with van der Waals surface area (Å²) in [5.74, 6) is -1.30. The minimum Gasteiger partial charge on any atom is -0.479 e. The van der Waals surface area contributed by atoms with E-state index in [1.807, 2.05) is 26.2 Å². The van der Waals surface area contributed by atoms with E-state index >= 15 is 0 Å². The first-order valence-electron chi connectivity index (χ1n) is 6.12. The second-order valence-electron chi connectivity index (χ2n) is 5.31. The summed E-state index contributed by atoms with van der Waals surface area (Å²) in [4.78, 5) is 26.2. The molecule has 1 rings (SSSR count). The van der Waals surface area contributed by atoms with Gasteiger partial charge in [-0.2, -0.15) is 0 Å². The number of aliphatic hydroxyl groups excluding tert-OH is 1. The minimum absolute atomic E-state index is 0.0478. The molecular weight excluding hydrogens is 282 g/mol. The molecule has 1 atom stereocenters. The van der Waals surface area contributed by atoms with Gasteiger partial charge in [0.25, 0.3) is 0 Å². The van der Waals surface area contributed by atoms with Gasteiger partial charge in [0.05, 0.1) is 5.69 Å². The average Bonchev–Trinajstić information content (AvgIpc) is 2.76. The first-order valence-corrected chi connectivity index (χ1v) is 7.00. The van der Waals surface area contributed by atoms with Crippen molar-refractivity contribution in [3.05, 3.63) is 11.1 Å². The number of carbonyl (C=O) groups excluding carboxylic acids is 1. The van der Waals surface area contributed by atoms with Crippen LogP contribution in [0.1, 0.15) is 32.9 Å². The number of thiazole rings is 1. The van der Waals surface area contributed by atoms with E-state index in [2.05, 4.69) is 15.6 Å². The summed E-state index contributed by atoms with van der Waals surface area (Å²) < 4.78 is 0. The molecule has 0 spiro atoms. The molecule has 4 N–H and O–H groups in total. The maximum Gasteiger partial charge on any atom is 0.332 e. The number of rotatable bonds is 5. The lowest BCUT2D eigenvalue weighted by Crippen LogP contribution is -2.33. The SMILES string of the molecule is CC(C)(C)c1csc(NC(=O)NCC[C@H](O)C(=O)O)n1. The number of anilines is 1. The molecule has 7 nitrogen and oxygen atoms in total. The van der Waals surface area contributed by atoms with Crippen molar-refractivity contribution >= 4 is 28.5 Å². The van der Waals surface area contributed by atoms with Crippen LogP contribution < -0.4 is 10.6 Å². The molecule has 0 saturated heterocycles. The van der Waals surface area contributed by atoms with Crippen molar-refractivity contribution in [3.8, 4) is 0 Å². The Morgan fingerprint density at radius 3 is 2.60 bits per heavy atom. The van der Waals surface area contributed by atoms with Crippen molar-refractivity contribution in [2.24, 2.45) is 0 Å². The zero-order valence-electron chi connectivity index (χ0n) is 11.6. The zero-order valence-corrected chi connectivity index (χ0v) is 12.5. The van der Waals surface area contributed by atoms with Gasteiger partial charge >= 0.3 is 12.0 Å². The maximum absolute atomic E-state index is 11.5. The van der Waals surface area contributed by atoms with E-state index in [1.54, 1.807) is 0 Å². The smallest absolute Gasteiger partial charge is 0.332 e. The predicted octanol–water partition coefficient (Wildman–Crippen LogP) is 1.40. The summed E-state index contributed by atoms with van der Waals surface area (Å²) in [6, 6.07) is -0.475. The van der Waals surface area contributed by atoms with Gasteiger partial charge in [-0.3, -0.25) is 5.32 Å². The monoisotopic (exact) mass is 301 g/mol. The van der Waals surface area contributed by atoms with Crippen molar-refractivity contribution in [3.63, 3.8) is 0 Å². The third kappa shape index (κ3) is 5.14. The summed E-state index contributed by atoms with van der Waals surface area (Å²) in [6.07, 6.45) is -1.52. The molecule has 0 aliphatic carbocycles. The van der Waals surface area contributed by atoms with Crippen LogP contribution >= 0.6 is 11.3 Å². The summed E-state index contributed by atoms with van der Waals surface area (Å²) in [6.45, 7) is 6.15. The molecule has 0 radical (unpaired) electrons. The number of carboxylic acid groups (broad SMARTS) is 1. The average molecular weight is 301 g/mol. The lowest BCUT2D eigenvalue weighted by molar-refractivity contribution is -0.146. The Balaban J connectivity index is 2.39. The third-order valence-corrected chi connectivity index (χ3v) is 3.24. The van der Waals surface area contributed by atoms with Gasteiger partial charge in [0.1, 0.15) is 0 Å². The molecule has 20 heavy (non-hydrogen) atoms. The highest BCUT2D eigenvalue weighted by atomic mass is 32.1. The van der Waals surface area contributed by atoms with Crippen LogP contribution in [0.15, 0.2) is 5.38 Å². The molecular formula is C12H19N3O4S. The molecule has 1 aromatic rings. The molecule has 0 unspecified atom stereocenters. The van der Waals surface area contributed by atoms with E-state index in [1.165, 1.54) is 11.3 Å². The maximum atomic E-state index is 11.5. The van der Waals surface area contributed by atoms with Gasteiger partial charge in [-0.25, -0.2) is 14.6 Å². The van der Waals surface area contributed by atoms with Crippen molar-refractivity contribution in [1.82, 2.24) is 10.3 Å². The molecule has 0 aliphatic rings. The van der Waals surface area contributed by atoms with Crippen LogP contribution in [0, 0.1) is 0 Å². The number of amides is 2. The van der Waals surface area contributed by atoms with Gasteiger partial charge in [-0.1, -0.05) is 20.8 Å². The standard InChI is InChI=1S/C12H19N3O4S/c1-12(2,3)8-6-20-11(14-8)15-10(19)13-5-4-7(16)9(17)18/h6-7,16H,4-5H2,1-3H3,(H,17,18)(H2,13,14,15,19)/t7-/m0/s1. The highest BCUT2D eigenvalue weighted by molar-refractivity contribution is 7.13. The number of urea groups is 1. The molecule has 0 aliphatic heterocycles. The Morgan fingerprint density at radius 2 is 2.10 bits per heavy atom. The number of hydrogen-bond acceptors (Lipinski definition) is 5. The quantitative estimate of drug-likeness (QED) is 0.657. The number of aliphatic carboxylic acids is 1. The van der Waals surface area contributed by atoms with Crippen molar-refractivity contribution < 1.29 is 19.8 Å². The molecule has 1 aromatic heterocycles. The van der Waals surface area contributed by atoms with Gasteiger partial charge in [-0.05, 0) is 0 Å². The van der Waals surface area contributed by atoms with Crippen molar-refractivity contribution in [1.29, 1.82) is 0 Å². The van der Waals surface area contributed by atoms with E-state index in [-0.39, 0.29) is 18.4 Å². The first kappa shape index (κ1) is 16.4. The second kappa shape index (κ2) is 6.67. The molecule has 2 amide bonds. The predicted molar refractivity (Wildman–Crippen MR) is 76.1 cm³/mol. The molecule has 0 fully saturated rings. The fraction of sp³-hybridized carbons (Fsp3) is 0.583. The summed E-state index contributed by atoms with van der Waals surface area (Å²) in [5, 5.41) is 24.9. The molecule has 1 heterocycles. The number of hydrogen-bond donors (Lipinski definition) is 4. The lowest BCUT2D eigenvalue weighted by atomic mass is 9.93. The van der Waals surface area contributed by atoms with Gasteiger partial charge < -0.3 is 15.5 Å². The molecule has 0 aromatic carbocycles. The fourth-order valence-corrected chi connectivity index (χ4v) is 2.20. The third-order valence-electron chi connectivity index (χ3n) is 2.48. The lowest BCUT2D eigenvalue weighted by Gasteiger charge is -2.14. The Bertz CT molecular complexity index is 481. The number of aliphatic hydroxyl groups is 1. The van der Waals surface area contributed by atoms with Crippen LogP contribution in [0.2, 0.25) is 0 Å². The largest absolute Gasteiger partial charge is 0.479 e. The number of nitrogens with one attached hydrogen (secondary N) is 2.